The summed E-state index contributed by atoms with van der Waals surface area (Å²) in [4.78, 5) is 30.0. The Balaban J connectivity index is 2.45. The topological polar surface area (TPSA) is 55.4 Å². The van der Waals surface area contributed by atoms with Gasteiger partial charge in [-0.25, -0.2) is 5.48 Å². The summed E-state index contributed by atoms with van der Waals surface area (Å²) in [5.74, 6) is -0.247. The molecule has 0 spiro atoms. The number of hydrogen-bond donors (Lipinski definition) is 1. The lowest BCUT2D eigenvalue weighted by Gasteiger charge is -2.03. The van der Waals surface area contributed by atoms with E-state index < -0.39 is 0 Å². The monoisotopic (exact) mass is 255 g/mol. The van der Waals surface area contributed by atoms with Crippen molar-refractivity contribution in [3.63, 3.8) is 0 Å². The second-order valence-electron chi connectivity index (χ2n) is 3.71. The summed E-state index contributed by atoms with van der Waals surface area (Å²) >= 11 is 1.60. The zero-order chi connectivity index (χ0) is 12.8. The first-order chi connectivity index (χ1) is 8.04. The van der Waals surface area contributed by atoms with Crippen molar-refractivity contribution < 1.29 is 14.4 Å². The number of Topliss-reactive ketones (excluding diaryl/α,β-unsaturated/α-hetero) is 1. The molecular weight excluding hydrogens is 238 g/mol. The van der Waals surface area contributed by atoms with Crippen LogP contribution in [0.5, 0.6) is 0 Å². The highest BCUT2D eigenvalue weighted by Crippen LogP contribution is 2.22. The summed E-state index contributed by atoms with van der Waals surface area (Å²) in [6.45, 7) is 6.09. The maximum Gasteiger partial charge on any atom is 0.243 e. The number of hydrogen-bond acceptors (Lipinski definition) is 4. The van der Waals surface area contributed by atoms with Gasteiger partial charge in [-0.3, -0.25) is 14.4 Å². The first-order valence-corrected chi connectivity index (χ1v) is 6.37. The van der Waals surface area contributed by atoms with E-state index in [0.717, 1.165) is 15.3 Å². The molecule has 4 nitrogen and oxygen atoms in total. The Kier molecular flexibility index (Phi) is 5.31. The third-order valence-corrected chi connectivity index (χ3v) is 3.22. The van der Waals surface area contributed by atoms with Crippen molar-refractivity contribution in [1.29, 1.82) is 0 Å². The summed E-state index contributed by atoms with van der Waals surface area (Å²) in [5, 5.41) is 0. The van der Waals surface area contributed by atoms with Crippen LogP contribution >= 0.6 is 11.3 Å². The molecule has 1 rings (SSSR count). The summed E-state index contributed by atoms with van der Waals surface area (Å²) < 4.78 is 0. The standard InChI is InChI=1S/C12H17NO3S/c1-4-16-13-12(15)6-5-11(14)10-7-8(2)17-9(10)3/h7H,4-6H2,1-3H3,(H,13,15). The van der Waals surface area contributed by atoms with Gasteiger partial charge < -0.3 is 0 Å². The van der Waals surface area contributed by atoms with Gasteiger partial charge in [0.1, 0.15) is 0 Å². The Morgan fingerprint density at radius 2 is 2.06 bits per heavy atom. The number of carbonyl (C=O) groups is 2. The molecule has 1 amide bonds. The minimum Gasteiger partial charge on any atom is -0.294 e. The van der Waals surface area contributed by atoms with Gasteiger partial charge in [0.25, 0.3) is 0 Å². The minimum absolute atomic E-state index is 0.0125. The molecule has 5 heteroatoms. The van der Waals surface area contributed by atoms with Gasteiger partial charge in [0, 0.05) is 28.2 Å². The molecule has 94 valence electrons. The average Bonchev–Trinajstić information content (AvgIpc) is 2.62. The average molecular weight is 255 g/mol. The highest BCUT2D eigenvalue weighted by molar-refractivity contribution is 7.12. The summed E-state index contributed by atoms with van der Waals surface area (Å²) in [6, 6.07) is 1.88. The predicted molar refractivity (Wildman–Crippen MR) is 67.1 cm³/mol. The smallest absolute Gasteiger partial charge is 0.243 e. The van der Waals surface area contributed by atoms with Crippen LogP contribution in [-0.2, 0) is 9.63 Å². The molecule has 0 aliphatic rings. The molecule has 0 unspecified atom stereocenters. The molecule has 0 bridgehead atoms. The van der Waals surface area contributed by atoms with Crippen LogP contribution in [0.2, 0.25) is 0 Å². The Bertz CT molecular complexity index is 412. The van der Waals surface area contributed by atoms with Crippen molar-refractivity contribution in [3.8, 4) is 0 Å². The number of ketones is 1. The molecule has 0 saturated heterocycles. The predicted octanol–water partition coefficient (Wildman–Crippen LogP) is 2.40. The fourth-order valence-corrected chi connectivity index (χ4v) is 2.42. The van der Waals surface area contributed by atoms with Gasteiger partial charge in [-0.2, -0.15) is 0 Å². The molecule has 0 aliphatic heterocycles. The van der Waals surface area contributed by atoms with Crippen LogP contribution in [0, 0.1) is 13.8 Å². The second-order valence-corrected chi connectivity index (χ2v) is 5.17. The van der Waals surface area contributed by atoms with Crippen molar-refractivity contribution >= 4 is 23.0 Å². The number of rotatable bonds is 6. The Morgan fingerprint density at radius 1 is 1.35 bits per heavy atom. The van der Waals surface area contributed by atoms with Crippen LogP contribution in [0.3, 0.4) is 0 Å². The number of aryl methyl sites for hydroxylation is 2. The van der Waals surface area contributed by atoms with Gasteiger partial charge >= 0.3 is 0 Å². The van der Waals surface area contributed by atoms with E-state index in [1.54, 1.807) is 18.3 Å². The van der Waals surface area contributed by atoms with Crippen molar-refractivity contribution in [2.75, 3.05) is 6.61 Å². The van der Waals surface area contributed by atoms with Crippen molar-refractivity contribution in [1.82, 2.24) is 5.48 Å². The van der Waals surface area contributed by atoms with E-state index in [1.807, 2.05) is 19.9 Å². The first-order valence-electron chi connectivity index (χ1n) is 5.55. The van der Waals surface area contributed by atoms with Gasteiger partial charge in [0.15, 0.2) is 5.78 Å². The molecule has 0 aliphatic carbocycles. The van der Waals surface area contributed by atoms with Gasteiger partial charge in [-0.15, -0.1) is 11.3 Å². The van der Waals surface area contributed by atoms with Crippen LogP contribution in [0.15, 0.2) is 6.07 Å². The maximum absolute atomic E-state index is 11.8. The van der Waals surface area contributed by atoms with Gasteiger partial charge in [0.05, 0.1) is 6.61 Å². The molecule has 1 N–H and O–H groups in total. The summed E-state index contributed by atoms with van der Waals surface area (Å²) in [6.07, 6.45) is 0.378. The van der Waals surface area contributed by atoms with Crippen LogP contribution in [-0.4, -0.2) is 18.3 Å². The third kappa shape index (κ3) is 4.28. The van der Waals surface area contributed by atoms with Crippen LogP contribution in [0.25, 0.3) is 0 Å². The highest BCUT2D eigenvalue weighted by Gasteiger charge is 2.13. The number of hydroxylamine groups is 1. The van der Waals surface area contributed by atoms with Crippen LogP contribution < -0.4 is 5.48 Å². The largest absolute Gasteiger partial charge is 0.294 e. The Morgan fingerprint density at radius 3 is 2.59 bits per heavy atom. The van der Waals surface area contributed by atoms with Crippen molar-refractivity contribution in [3.05, 3.63) is 21.4 Å². The van der Waals surface area contributed by atoms with Crippen LogP contribution in [0.1, 0.15) is 39.9 Å². The van der Waals surface area contributed by atoms with E-state index in [4.69, 9.17) is 4.84 Å². The minimum atomic E-state index is -0.259. The lowest BCUT2D eigenvalue weighted by molar-refractivity contribution is -0.133. The van der Waals surface area contributed by atoms with E-state index in [2.05, 4.69) is 5.48 Å². The van der Waals surface area contributed by atoms with E-state index in [0.29, 0.717) is 6.61 Å². The number of nitrogens with one attached hydrogen (secondary N) is 1. The maximum atomic E-state index is 11.8. The zero-order valence-corrected chi connectivity index (χ0v) is 11.1. The molecule has 0 radical (unpaired) electrons. The molecule has 17 heavy (non-hydrogen) atoms. The molecule has 0 aromatic carbocycles. The molecule has 1 aromatic rings. The molecule has 1 aromatic heterocycles. The first kappa shape index (κ1) is 13.9. The van der Waals surface area contributed by atoms with E-state index in [9.17, 15) is 9.59 Å². The fraction of sp³-hybridized carbons (Fsp3) is 0.500. The van der Waals surface area contributed by atoms with Gasteiger partial charge in [-0.05, 0) is 26.8 Å². The summed E-state index contributed by atoms with van der Waals surface area (Å²) in [5.41, 5.74) is 3.00. The quantitative estimate of drug-likeness (QED) is 0.627. The summed E-state index contributed by atoms with van der Waals surface area (Å²) in [7, 11) is 0. The highest BCUT2D eigenvalue weighted by atomic mass is 32.1. The molecule has 1 heterocycles. The van der Waals surface area contributed by atoms with Crippen molar-refractivity contribution in [2.45, 2.75) is 33.6 Å². The Hall–Kier alpha value is -1.20. The number of amides is 1. The second kappa shape index (κ2) is 6.51. The molecule has 0 saturated carbocycles. The van der Waals surface area contributed by atoms with E-state index >= 15 is 0 Å². The number of carbonyl (C=O) groups excluding carboxylic acids is 2. The molecule has 0 atom stereocenters. The SMILES string of the molecule is CCONC(=O)CCC(=O)c1cc(C)sc1C. The number of thiophene rings is 1. The molecular formula is C12H17NO3S. The van der Waals surface area contributed by atoms with E-state index in [-0.39, 0.29) is 24.5 Å². The lowest BCUT2D eigenvalue weighted by atomic mass is 10.1. The van der Waals surface area contributed by atoms with E-state index in [1.165, 1.54) is 0 Å². The zero-order valence-electron chi connectivity index (χ0n) is 10.3. The Labute approximate surface area is 105 Å². The van der Waals surface area contributed by atoms with Gasteiger partial charge in [-0.1, -0.05) is 0 Å². The molecule has 0 fully saturated rings. The lowest BCUT2D eigenvalue weighted by Crippen LogP contribution is -2.24. The van der Waals surface area contributed by atoms with Crippen LogP contribution in [0.4, 0.5) is 0 Å². The van der Waals surface area contributed by atoms with Crippen molar-refractivity contribution in [2.24, 2.45) is 0 Å². The normalized spacial score (nSPS) is 10.3. The fourth-order valence-electron chi connectivity index (χ4n) is 1.47. The van der Waals surface area contributed by atoms with Gasteiger partial charge in [0.2, 0.25) is 5.91 Å². The third-order valence-electron chi connectivity index (χ3n) is 2.25.